The summed E-state index contributed by atoms with van der Waals surface area (Å²) >= 11 is 1.74. The number of thiophene rings is 1. The van der Waals surface area contributed by atoms with Gasteiger partial charge in [0.05, 0.1) is 12.2 Å². The molecule has 3 rings (SSSR count). The van der Waals surface area contributed by atoms with Gasteiger partial charge in [-0.3, -0.25) is 9.78 Å². The number of H-pyrrole nitrogens is 1. The van der Waals surface area contributed by atoms with E-state index in [4.69, 9.17) is 0 Å². The van der Waals surface area contributed by atoms with Gasteiger partial charge in [-0.25, -0.2) is 4.98 Å². The lowest BCUT2D eigenvalue weighted by atomic mass is 10.1. The monoisotopic (exact) mass is 304 g/mol. The van der Waals surface area contributed by atoms with Gasteiger partial charge in [-0.15, -0.1) is 11.3 Å². The molecule has 2 N–H and O–H groups in total. The summed E-state index contributed by atoms with van der Waals surface area (Å²) in [6.45, 7) is 4.61. The Hall–Kier alpha value is -1.66. The third-order valence-corrected chi connectivity index (χ3v) is 4.90. The minimum atomic E-state index is 0.00783. The number of anilines is 1. The van der Waals surface area contributed by atoms with Crippen LogP contribution in [0.5, 0.6) is 0 Å². The first-order chi connectivity index (χ1) is 10.1. The molecule has 1 aliphatic heterocycles. The zero-order chi connectivity index (χ0) is 14.8. The van der Waals surface area contributed by atoms with Crippen LogP contribution in [0.25, 0.3) is 0 Å². The molecule has 21 heavy (non-hydrogen) atoms. The van der Waals surface area contributed by atoms with E-state index in [1.54, 1.807) is 11.3 Å². The van der Waals surface area contributed by atoms with E-state index in [1.165, 1.54) is 10.4 Å². The number of nitrogens with zero attached hydrogens (tertiary/aromatic N) is 2. The van der Waals surface area contributed by atoms with Crippen molar-refractivity contribution in [1.82, 2.24) is 15.3 Å². The number of nitrogens with one attached hydrogen (secondary N) is 2. The number of rotatable bonds is 3. The molecule has 0 atom stereocenters. The number of fused-ring (bicyclic) bond motifs is 1. The second-order valence-corrected chi connectivity index (χ2v) is 6.45. The maximum atomic E-state index is 12.3. The van der Waals surface area contributed by atoms with E-state index >= 15 is 0 Å². The maximum Gasteiger partial charge on any atom is 0.255 e. The zero-order valence-electron chi connectivity index (χ0n) is 12.4. The summed E-state index contributed by atoms with van der Waals surface area (Å²) in [5.41, 5.74) is 3.07. The van der Waals surface area contributed by atoms with Crippen molar-refractivity contribution >= 4 is 17.3 Å². The quantitative estimate of drug-likeness (QED) is 0.901. The van der Waals surface area contributed by atoms with E-state index in [9.17, 15) is 4.79 Å². The molecule has 6 heteroatoms. The summed E-state index contributed by atoms with van der Waals surface area (Å²) in [4.78, 5) is 23.2. The topological polar surface area (TPSA) is 61.0 Å². The second-order valence-electron chi connectivity index (χ2n) is 5.45. The predicted octanol–water partition coefficient (Wildman–Crippen LogP) is 1.46. The molecule has 0 spiro atoms. The minimum absolute atomic E-state index is 0.00783. The number of hydrogen-bond donors (Lipinski definition) is 2. The third kappa shape index (κ3) is 3.01. The molecule has 5 nitrogen and oxygen atoms in total. The van der Waals surface area contributed by atoms with Crippen LogP contribution in [0.4, 0.5) is 5.95 Å². The Kier molecular flexibility index (Phi) is 4.07. The highest BCUT2D eigenvalue weighted by Gasteiger charge is 2.16. The van der Waals surface area contributed by atoms with Gasteiger partial charge < -0.3 is 10.2 Å². The van der Waals surface area contributed by atoms with Crippen molar-refractivity contribution in [1.29, 1.82) is 0 Å². The highest BCUT2D eigenvalue weighted by molar-refractivity contribution is 7.10. The molecule has 3 heterocycles. The number of aryl methyl sites for hydroxylation is 1. The molecule has 0 saturated heterocycles. The largest absolute Gasteiger partial charge is 0.340 e. The van der Waals surface area contributed by atoms with E-state index in [0.29, 0.717) is 5.95 Å². The molecule has 0 amide bonds. The van der Waals surface area contributed by atoms with Gasteiger partial charge >= 0.3 is 0 Å². The first-order valence-corrected chi connectivity index (χ1v) is 8.10. The standard InChI is InChI=1S/C15H20N4OS/c1-10-5-8-21-13(10)9-19(2)15-17-12-4-7-16-6-3-11(12)14(20)18-15/h5,8,16H,3-4,6-7,9H2,1-2H3,(H,17,18,20). The van der Waals surface area contributed by atoms with Gasteiger partial charge in [0.1, 0.15) is 0 Å². The van der Waals surface area contributed by atoms with Gasteiger partial charge in [0, 0.05) is 30.5 Å². The van der Waals surface area contributed by atoms with E-state index < -0.39 is 0 Å². The van der Waals surface area contributed by atoms with Gasteiger partial charge in [0.2, 0.25) is 5.95 Å². The molecule has 0 radical (unpaired) electrons. The fourth-order valence-corrected chi connectivity index (χ4v) is 3.54. The third-order valence-electron chi connectivity index (χ3n) is 3.89. The van der Waals surface area contributed by atoms with Crippen LogP contribution in [-0.4, -0.2) is 30.1 Å². The molecule has 2 aromatic heterocycles. The average Bonchev–Trinajstić information content (AvgIpc) is 2.73. The van der Waals surface area contributed by atoms with Gasteiger partial charge in [0.15, 0.2) is 0 Å². The van der Waals surface area contributed by atoms with Crippen molar-refractivity contribution < 1.29 is 0 Å². The Labute approximate surface area is 128 Å². The predicted molar refractivity (Wildman–Crippen MR) is 86.3 cm³/mol. The van der Waals surface area contributed by atoms with Crippen molar-refractivity contribution in [2.45, 2.75) is 26.3 Å². The average molecular weight is 304 g/mol. The number of aromatic amines is 1. The Morgan fingerprint density at radius 1 is 1.38 bits per heavy atom. The van der Waals surface area contributed by atoms with Crippen LogP contribution in [0.2, 0.25) is 0 Å². The van der Waals surface area contributed by atoms with Crippen molar-refractivity contribution in [2.24, 2.45) is 0 Å². The summed E-state index contributed by atoms with van der Waals surface area (Å²) in [6.07, 6.45) is 1.57. The van der Waals surface area contributed by atoms with Gasteiger partial charge in [-0.1, -0.05) is 0 Å². The minimum Gasteiger partial charge on any atom is -0.340 e. The van der Waals surface area contributed by atoms with Gasteiger partial charge in [-0.05, 0) is 36.9 Å². The zero-order valence-corrected chi connectivity index (χ0v) is 13.2. The normalized spacial score (nSPS) is 14.6. The van der Waals surface area contributed by atoms with E-state index in [-0.39, 0.29) is 5.56 Å². The smallest absolute Gasteiger partial charge is 0.255 e. The van der Waals surface area contributed by atoms with Gasteiger partial charge in [-0.2, -0.15) is 0 Å². The summed E-state index contributed by atoms with van der Waals surface area (Å²) in [5.74, 6) is 0.661. The first-order valence-electron chi connectivity index (χ1n) is 7.22. The van der Waals surface area contributed by atoms with E-state index in [2.05, 4.69) is 33.7 Å². The maximum absolute atomic E-state index is 12.3. The summed E-state index contributed by atoms with van der Waals surface area (Å²) in [7, 11) is 1.97. The SMILES string of the molecule is Cc1ccsc1CN(C)c1nc2c(c(=O)[nH]1)CCNCC2. The Morgan fingerprint density at radius 3 is 2.95 bits per heavy atom. The van der Waals surface area contributed by atoms with Crippen molar-refractivity contribution in [3.05, 3.63) is 43.5 Å². The molecule has 0 bridgehead atoms. The molecule has 2 aromatic rings. The molecule has 112 valence electrons. The lowest BCUT2D eigenvalue weighted by Gasteiger charge is -2.18. The van der Waals surface area contributed by atoms with Crippen LogP contribution in [0, 0.1) is 6.92 Å². The molecular weight excluding hydrogens is 284 g/mol. The Morgan fingerprint density at radius 2 is 2.19 bits per heavy atom. The highest BCUT2D eigenvalue weighted by Crippen LogP contribution is 2.19. The van der Waals surface area contributed by atoms with E-state index in [1.807, 2.05) is 11.9 Å². The lowest BCUT2D eigenvalue weighted by molar-refractivity contribution is 0.708. The van der Waals surface area contributed by atoms with Crippen molar-refractivity contribution in [2.75, 3.05) is 25.0 Å². The van der Waals surface area contributed by atoms with Crippen LogP contribution >= 0.6 is 11.3 Å². The summed E-state index contributed by atoms with van der Waals surface area (Å²) in [6, 6.07) is 2.12. The Bertz CT molecular complexity index is 691. The second kappa shape index (κ2) is 5.99. The highest BCUT2D eigenvalue weighted by atomic mass is 32.1. The molecule has 0 saturated carbocycles. The van der Waals surface area contributed by atoms with Crippen LogP contribution in [0.3, 0.4) is 0 Å². The molecule has 0 unspecified atom stereocenters. The molecule has 1 aliphatic rings. The van der Waals surface area contributed by atoms with Crippen LogP contribution in [0.15, 0.2) is 16.2 Å². The summed E-state index contributed by atoms with van der Waals surface area (Å²) < 4.78 is 0. The van der Waals surface area contributed by atoms with Crippen molar-refractivity contribution in [3.63, 3.8) is 0 Å². The van der Waals surface area contributed by atoms with Gasteiger partial charge in [0.25, 0.3) is 5.56 Å². The van der Waals surface area contributed by atoms with Crippen LogP contribution in [-0.2, 0) is 19.4 Å². The fraction of sp³-hybridized carbons (Fsp3) is 0.467. The fourth-order valence-electron chi connectivity index (χ4n) is 2.58. The lowest BCUT2D eigenvalue weighted by Crippen LogP contribution is -2.26. The van der Waals surface area contributed by atoms with Crippen LogP contribution < -0.4 is 15.8 Å². The summed E-state index contributed by atoms with van der Waals surface area (Å²) in [5, 5.41) is 5.40. The molecular formula is C15H20N4OS. The number of aromatic nitrogens is 2. The Balaban J connectivity index is 1.88. The molecule has 0 aromatic carbocycles. The van der Waals surface area contributed by atoms with Crippen LogP contribution in [0.1, 0.15) is 21.7 Å². The van der Waals surface area contributed by atoms with E-state index in [0.717, 1.165) is 43.7 Å². The molecule has 0 fully saturated rings. The number of hydrogen-bond acceptors (Lipinski definition) is 5. The first kappa shape index (κ1) is 14.3. The van der Waals surface area contributed by atoms with Crippen molar-refractivity contribution in [3.8, 4) is 0 Å². The molecule has 0 aliphatic carbocycles.